The van der Waals surface area contributed by atoms with Crippen LogP contribution in [-0.4, -0.2) is 24.1 Å². The molecule has 1 fully saturated rings. The highest BCUT2D eigenvalue weighted by atomic mass is 19.3. The van der Waals surface area contributed by atoms with Crippen molar-refractivity contribution >= 4 is 0 Å². The molecule has 0 spiro atoms. The van der Waals surface area contributed by atoms with Crippen molar-refractivity contribution in [3.05, 3.63) is 0 Å². The molecule has 1 N–H and O–H groups in total. The SMILES string of the molecule is OCC1(CC(F)(F)C(F)F)CC1. The van der Waals surface area contributed by atoms with Gasteiger partial charge in [-0.1, -0.05) is 0 Å². The molecule has 1 rings (SSSR count). The number of rotatable bonds is 4. The number of alkyl halides is 4. The first-order chi connectivity index (χ1) is 5.42. The average molecular weight is 186 g/mol. The van der Waals surface area contributed by atoms with Crippen LogP contribution in [-0.2, 0) is 0 Å². The minimum atomic E-state index is -3.95. The van der Waals surface area contributed by atoms with E-state index in [0.29, 0.717) is 12.8 Å². The average Bonchev–Trinajstić information content (AvgIpc) is 2.68. The summed E-state index contributed by atoms with van der Waals surface area (Å²) in [4.78, 5) is 0. The van der Waals surface area contributed by atoms with E-state index in [4.69, 9.17) is 5.11 Å². The molecular weight excluding hydrogens is 176 g/mol. The van der Waals surface area contributed by atoms with Crippen molar-refractivity contribution in [2.24, 2.45) is 5.41 Å². The fraction of sp³-hybridized carbons (Fsp3) is 1.00. The minimum absolute atomic E-state index is 0.421. The highest BCUT2D eigenvalue weighted by Crippen LogP contribution is 2.53. The van der Waals surface area contributed by atoms with E-state index in [0.717, 1.165) is 0 Å². The first kappa shape index (κ1) is 9.77. The van der Waals surface area contributed by atoms with E-state index in [2.05, 4.69) is 0 Å². The van der Waals surface area contributed by atoms with Gasteiger partial charge in [0.2, 0.25) is 0 Å². The molecule has 0 aromatic heterocycles. The normalized spacial score (nSPS) is 21.5. The highest BCUT2D eigenvalue weighted by Gasteiger charge is 2.53. The molecule has 0 unspecified atom stereocenters. The summed E-state index contributed by atoms with van der Waals surface area (Å²) in [5.41, 5.74) is -0.917. The molecule has 0 heterocycles. The smallest absolute Gasteiger partial charge is 0.308 e. The highest BCUT2D eigenvalue weighted by molar-refractivity contribution is 4.96. The lowest BCUT2D eigenvalue weighted by Gasteiger charge is -2.20. The van der Waals surface area contributed by atoms with Gasteiger partial charge in [-0.2, -0.15) is 0 Å². The second-order valence-electron chi connectivity index (χ2n) is 3.40. The Morgan fingerprint density at radius 3 is 2.08 bits per heavy atom. The van der Waals surface area contributed by atoms with Crippen molar-refractivity contribution in [1.82, 2.24) is 0 Å². The standard InChI is InChI=1S/C7H10F4O/c8-5(9)7(10,11)3-6(4-12)1-2-6/h5,12H,1-4H2. The zero-order valence-corrected chi connectivity index (χ0v) is 6.36. The molecule has 5 heteroatoms. The van der Waals surface area contributed by atoms with Crippen LogP contribution in [0.3, 0.4) is 0 Å². The van der Waals surface area contributed by atoms with Gasteiger partial charge in [-0.25, -0.2) is 17.6 Å². The summed E-state index contributed by atoms with van der Waals surface area (Å²) in [6.45, 7) is -0.421. The molecule has 1 aliphatic rings. The van der Waals surface area contributed by atoms with Gasteiger partial charge < -0.3 is 5.11 Å². The molecule has 0 aromatic rings. The van der Waals surface area contributed by atoms with Gasteiger partial charge in [-0.05, 0) is 18.3 Å². The Labute approximate surface area is 67.4 Å². The summed E-state index contributed by atoms with van der Waals surface area (Å²) in [5, 5.41) is 8.62. The predicted octanol–water partition coefficient (Wildman–Crippen LogP) is 2.05. The van der Waals surface area contributed by atoms with E-state index in [9.17, 15) is 17.6 Å². The molecule has 0 aromatic carbocycles. The van der Waals surface area contributed by atoms with E-state index in [1.165, 1.54) is 0 Å². The summed E-state index contributed by atoms with van der Waals surface area (Å²) in [5.74, 6) is -3.95. The van der Waals surface area contributed by atoms with Gasteiger partial charge in [-0.3, -0.25) is 0 Å². The lowest BCUT2D eigenvalue weighted by Crippen LogP contribution is -2.31. The molecule has 0 amide bonds. The Hall–Kier alpha value is -0.320. The molecule has 0 aliphatic heterocycles. The summed E-state index contributed by atoms with van der Waals surface area (Å²) in [6.07, 6.45) is -3.67. The van der Waals surface area contributed by atoms with Gasteiger partial charge >= 0.3 is 12.3 Å². The fourth-order valence-corrected chi connectivity index (χ4v) is 1.14. The lowest BCUT2D eigenvalue weighted by molar-refractivity contribution is -0.146. The summed E-state index contributed by atoms with van der Waals surface area (Å²) in [6, 6.07) is 0. The maximum Gasteiger partial charge on any atom is 0.308 e. The van der Waals surface area contributed by atoms with Crippen molar-refractivity contribution in [1.29, 1.82) is 0 Å². The van der Waals surface area contributed by atoms with Crippen LogP contribution in [0.15, 0.2) is 0 Å². The van der Waals surface area contributed by atoms with Crippen molar-refractivity contribution in [2.45, 2.75) is 31.6 Å². The van der Waals surface area contributed by atoms with E-state index < -0.39 is 30.8 Å². The topological polar surface area (TPSA) is 20.2 Å². The molecule has 0 bridgehead atoms. The van der Waals surface area contributed by atoms with E-state index in [1.54, 1.807) is 0 Å². The zero-order chi connectivity index (χ0) is 9.41. The van der Waals surface area contributed by atoms with E-state index in [1.807, 2.05) is 0 Å². The molecule has 1 nitrogen and oxygen atoms in total. The summed E-state index contributed by atoms with van der Waals surface area (Å²) < 4.78 is 48.2. The van der Waals surface area contributed by atoms with Crippen LogP contribution in [0.2, 0.25) is 0 Å². The van der Waals surface area contributed by atoms with Gasteiger partial charge in [0.15, 0.2) is 0 Å². The molecule has 1 aliphatic carbocycles. The predicted molar refractivity (Wildman–Crippen MR) is 34.3 cm³/mol. The Morgan fingerprint density at radius 2 is 1.83 bits per heavy atom. The van der Waals surface area contributed by atoms with Gasteiger partial charge in [0.1, 0.15) is 0 Å². The van der Waals surface area contributed by atoms with Crippen LogP contribution in [0.5, 0.6) is 0 Å². The van der Waals surface area contributed by atoms with Gasteiger partial charge in [0, 0.05) is 13.0 Å². The Kier molecular flexibility index (Phi) is 2.33. The molecule has 0 saturated heterocycles. The van der Waals surface area contributed by atoms with Crippen LogP contribution >= 0.6 is 0 Å². The first-order valence-corrected chi connectivity index (χ1v) is 3.69. The van der Waals surface area contributed by atoms with Crippen LogP contribution in [0.25, 0.3) is 0 Å². The van der Waals surface area contributed by atoms with Crippen molar-refractivity contribution in [2.75, 3.05) is 6.61 Å². The van der Waals surface area contributed by atoms with E-state index in [-0.39, 0.29) is 0 Å². The Morgan fingerprint density at radius 1 is 1.33 bits per heavy atom. The number of halogens is 4. The first-order valence-electron chi connectivity index (χ1n) is 3.69. The minimum Gasteiger partial charge on any atom is -0.396 e. The third-order valence-electron chi connectivity index (χ3n) is 2.22. The number of hydrogen-bond donors (Lipinski definition) is 1. The monoisotopic (exact) mass is 186 g/mol. The third kappa shape index (κ3) is 1.88. The maximum atomic E-state index is 12.4. The molecule has 72 valence electrons. The van der Waals surface area contributed by atoms with Gasteiger partial charge in [0.25, 0.3) is 0 Å². The maximum absolute atomic E-state index is 12.4. The molecule has 12 heavy (non-hydrogen) atoms. The number of aliphatic hydroxyl groups excluding tert-OH is 1. The van der Waals surface area contributed by atoms with Crippen LogP contribution in [0, 0.1) is 5.41 Å². The zero-order valence-electron chi connectivity index (χ0n) is 6.36. The van der Waals surface area contributed by atoms with Crippen LogP contribution in [0.4, 0.5) is 17.6 Å². The van der Waals surface area contributed by atoms with Gasteiger partial charge in [-0.15, -0.1) is 0 Å². The molecular formula is C7H10F4O. The fourth-order valence-electron chi connectivity index (χ4n) is 1.14. The summed E-state index contributed by atoms with van der Waals surface area (Å²) in [7, 11) is 0. The second kappa shape index (κ2) is 2.87. The Bertz CT molecular complexity index is 165. The third-order valence-corrected chi connectivity index (χ3v) is 2.22. The lowest BCUT2D eigenvalue weighted by atomic mass is 9.99. The summed E-state index contributed by atoms with van der Waals surface area (Å²) >= 11 is 0. The van der Waals surface area contributed by atoms with Crippen LogP contribution < -0.4 is 0 Å². The van der Waals surface area contributed by atoms with Crippen molar-refractivity contribution < 1.29 is 22.7 Å². The van der Waals surface area contributed by atoms with E-state index >= 15 is 0 Å². The van der Waals surface area contributed by atoms with Crippen LogP contribution in [0.1, 0.15) is 19.3 Å². The largest absolute Gasteiger partial charge is 0.396 e. The van der Waals surface area contributed by atoms with Crippen molar-refractivity contribution in [3.8, 4) is 0 Å². The molecule has 0 radical (unpaired) electrons. The number of hydrogen-bond acceptors (Lipinski definition) is 1. The molecule has 1 saturated carbocycles. The quantitative estimate of drug-likeness (QED) is 0.666. The van der Waals surface area contributed by atoms with Crippen molar-refractivity contribution in [3.63, 3.8) is 0 Å². The molecule has 0 atom stereocenters. The van der Waals surface area contributed by atoms with Gasteiger partial charge in [0.05, 0.1) is 0 Å². The second-order valence-corrected chi connectivity index (χ2v) is 3.40. The number of aliphatic hydroxyl groups is 1. The Balaban J connectivity index is 2.49.